The van der Waals surface area contributed by atoms with Crippen molar-refractivity contribution in [2.75, 3.05) is 27.4 Å². The Bertz CT molecular complexity index is 388. The zero-order chi connectivity index (χ0) is 15.3. The molecule has 0 spiro atoms. The average Bonchev–Trinajstić information content (AvgIpc) is 2.37. The Kier molecular flexibility index (Phi) is 6.22. The van der Waals surface area contributed by atoms with Gasteiger partial charge in [-0.2, -0.15) is 0 Å². The van der Waals surface area contributed by atoms with E-state index in [1.165, 1.54) is 16.7 Å². The van der Waals surface area contributed by atoms with Gasteiger partial charge in [-0.15, -0.1) is 0 Å². The smallest absolute Gasteiger partial charge is 0.0528 e. The highest BCUT2D eigenvalue weighted by atomic mass is 16.5. The molecule has 0 amide bonds. The molecule has 0 bridgehead atoms. The fraction of sp³-hybridized carbons (Fsp3) is 0.667. The highest BCUT2D eigenvalue weighted by Gasteiger charge is 2.19. The van der Waals surface area contributed by atoms with Crippen LogP contribution in [0, 0.1) is 0 Å². The van der Waals surface area contributed by atoms with Crippen LogP contribution in [0.3, 0.4) is 0 Å². The Morgan fingerprint density at radius 3 is 1.55 bits per heavy atom. The first-order valence-electron chi connectivity index (χ1n) is 7.42. The summed E-state index contributed by atoms with van der Waals surface area (Å²) >= 11 is 0. The van der Waals surface area contributed by atoms with E-state index in [-0.39, 0.29) is 5.41 Å². The number of hydrogen-bond donors (Lipinski definition) is 0. The minimum Gasteiger partial charge on any atom is -0.384 e. The van der Waals surface area contributed by atoms with Crippen molar-refractivity contribution in [3.63, 3.8) is 0 Å². The number of benzene rings is 1. The summed E-state index contributed by atoms with van der Waals surface area (Å²) in [5, 5.41) is 0. The van der Waals surface area contributed by atoms with Gasteiger partial charge in [-0.05, 0) is 22.1 Å². The van der Waals surface area contributed by atoms with Crippen LogP contribution < -0.4 is 0 Å². The highest BCUT2D eigenvalue weighted by molar-refractivity contribution is 5.37. The summed E-state index contributed by atoms with van der Waals surface area (Å²) in [6.45, 7) is 12.7. The predicted molar refractivity (Wildman–Crippen MR) is 85.7 cm³/mol. The van der Waals surface area contributed by atoms with Crippen LogP contribution in [0.1, 0.15) is 63.1 Å². The summed E-state index contributed by atoms with van der Waals surface area (Å²) in [4.78, 5) is 0. The van der Waals surface area contributed by atoms with Gasteiger partial charge in [0.1, 0.15) is 0 Å². The SMILES string of the molecule is COCC(C)c1cc(C(C)COC)cc(C(C)(C)C)c1. The Morgan fingerprint density at radius 2 is 1.25 bits per heavy atom. The average molecular weight is 278 g/mol. The van der Waals surface area contributed by atoms with Gasteiger partial charge in [0.05, 0.1) is 13.2 Å². The van der Waals surface area contributed by atoms with Crippen molar-refractivity contribution in [3.05, 3.63) is 34.9 Å². The minimum atomic E-state index is 0.157. The van der Waals surface area contributed by atoms with Gasteiger partial charge in [0.15, 0.2) is 0 Å². The third-order valence-electron chi connectivity index (χ3n) is 3.82. The summed E-state index contributed by atoms with van der Waals surface area (Å²) in [5.74, 6) is 0.826. The first-order chi connectivity index (χ1) is 9.29. The van der Waals surface area contributed by atoms with E-state index in [2.05, 4.69) is 52.8 Å². The van der Waals surface area contributed by atoms with Crippen molar-refractivity contribution in [1.82, 2.24) is 0 Å². The molecular formula is C18H30O2. The highest BCUT2D eigenvalue weighted by Crippen LogP contribution is 2.30. The fourth-order valence-electron chi connectivity index (χ4n) is 2.37. The summed E-state index contributed by atoms with van der Waals surface area (Å²) in [6.07, 6.45) is 0. The molecule has 1 rings (SSSR count). The fourth-order valence-corrected chi connectivity index (χ4v) is 2.37. The molecule has 0 fully saturated rings. The number of rotatable bonds is 6. The van der Waals surface area contributed by atoms with Gasteiger partial charge in [-0.25, -0.2) is 0 Å². The first kappa shape index (κ1) is 17.2. The van der Waals surface area contributed by atoms with Crippen LogP contribution in [0.25, 0.3) is 0 Å². The molecule has 114 valence electrons. The molecule has 0 N–H and O–H groups in total. The predicted octanol–water partition coefficient (Wildman–Crippen LogP) is 4.48. The lowest BCUT2D eigenvalue weighted by Gasteiger charge is -2.24. The topological polar surface area (TPSA) is 18.5 Å². The molecule has 2 heteroatoms. The molecular weight excluding hydrogens is 248 g/mol. The molecule has 0 aliphatic heterocycles. The van der Waals surface area contributed by atoms with E-state index < -0.39 is 0 Å². The Balaban J connectivity index is 3.21. The maximum absolute atomic E-state index is 5.31. The molecule has 0 saturated carbocycles. The second kappa shape index (κ2) is 7.24. The largest absolute Gasteiger partial charge is 0.384 e. The van der Waals surface area contributed by atoms with Crippen LogP contribution in [-0.2, 0) is 14.9 Å². The van der Waals surface area contributed by atoms with Crippen LogP contribution in [0.2, 0.25) is 0 Å². The summed E-state index contributed by atoms with van der Waals surface area (Å²) in [5.41, 5.74) is 4.26. The standard InChI is InChI=1S/C18H30O2/c1-13(11-19-6)15-8-16(14(2)12-20-7)10-17(9-15)18(3,4)5/h8-10,13-14H,11-12H2,1-7H3. The molecule has 0 heterocycles. The summed E-state index contributed by atoms with van der Waals surface area (Å²) in [6, 6.07) is 6.96. The Labute approximate surface area is 124 Å². The van der Waals surface area contributed by atoms with Crippen molar-refractivity contribution in [2.24, 2.45) is 0 Å². The summed E-state index contributed by atoms with van der Waals surface area (Å²) < 4.78 is 10.6. The lowest BCUT2D eigenvalue weighted by atomic mass is 9.82. The van der Waals surface area contributed by atoms with Gasteiger partial charge >= 0.3 is 0 Å². The quantitative estimate of drug-likeness (QED) is 0.763. The van der Waals surface area contributed by atoms with Crippen molar-refractivity contribution in [2.45, 2.75) is 51.9 Å². The number of ether oxygens (including phenoxy) is 2. The van der Waals surface area contributed by atoms with Gasteiger partial charge in [-0.3, -0.25) is 0 Å². The van der Waals surface area contributed by atoms with Gasteiger partial charge in [-0.1, -0.05) is 52.8 Å². The molecule has 0 aliphatic rings. The zero-order valence-corrected chi connectivity index (χ0v) is 14.1. The van der Waals surface area contributed by atoms with E-state index in [1.54, 1.807) is 14.2 Å². The molecule has 0 radical (unpaired) electrons. The lowest BCUT2D eigenvalue weighted by molar-refractivity contribution is 0.182. The number of methoxy groups -OCH3 is 2. The summed E-state index contributed by atoms with van der Waals surface area (Å²) in [7, 11) is 3.52. The van der Waals surface area contributed by atoms with Crippen molar-refractivity contribution >= 4 is 0 Å². The van der Waals surface area contributed by atoms with Crippen molar-refractivity contribution in [1.29, 1.82) is 0 Å². The second-order valence-corrected chi connectivity index (χ2v) is 6.85. The van der Waals surface area contributed by atoms with Crippen LogP contribution in [0.4, 0.5) is 0 Å². The molecule has 0 aromatic heterocycles. The number of hydrogen-bond acceptors (Lipinski definition) is 2. The minimum absolute atomic E-state index is 0.157. The lowest BCUT2D eigenvalue weighted by Crippen LogP contribution is -2.15. The van der Waals surface area contributed by atoms with Crippen LogP contribution in [0.15, 0.2) is 18.2 Å². The second-order valence-electron chi connectivity index (χ2n) is 6.85. The Hall–Kier alpha value is -0.860. The molecule has 2 unspecified atom stereocenters. The van der Waals surface area contributed by atoms with E-state index in [0.29, 0.717) is 11.8 Å². The van der Waals surface area contributed by atoms with Crippen LogP contribution >= 0.6 is 0 Å². The van der Waals surface area contributed by atoms with Gasteiger partial charge in [0.2, 0.25) is 0 Å². The molecule has 20 heavy (non-hydrogen) atoms. The van der Waals surface area contributed by atoms with E-state index in [1.807, 2.05) is 0 Å². The zero-order valence-electron chi connectivity index (χ0n) is 14.1. The maximum Gasteiger partial charge on any atom is 0.0528 e. The molecule has 1 aromatic carbocycles. The molecule has 1 aromatic rings. The third kappa shape index (κ3) is 4.60. The molecule has 2 nitrogen and oxygen atoms in total. The van der Waals surface area contributed by atoms with Crippen molar-refractivity contribution < 1.29 is 9.47 Å². The van der Waals surface area contributed by atoms with E-state index in [9.17, 15) is 0 Å². The van der Waals surface area contributed by atoms with Gasteiger partial charge in [0.25, 0.3) is 0 Å². The molecule has 0 saturated heterocycles. The van der Waals surface area contributed by atoms with E-state index in [0.717, 1.165) is 13.2 Å². The van der Waals surface area contributed by atoms with Gasteiger partial charge in [0, 0.05) is 26.1 Å². The van der Waals surface area contributed by atoms with E-state index >= 15 is 0 Å². The third-order valence-corrected chi connectivity index (χ3v) is 3.82. The molecule has 2 atom stereocenters. The normalized spacial score (nSPS) is 15.2. The van der Waals surface area contributed by atoms with Crippen LogP contribution in [0.5, 0.6) is 0 Å². The molecule has 0 aliphatic carbocycles. The monoisotopic (exact) mass is 278 g/mol. The van der Waals surface area contributed by atoms with Crippen molar-refractivity contribution in [3.8, 4) is 0 Å². The first-order valence-corrected chi connectivity index (χ1v) is 7.42. The maximum atomic E-state index is 5.31. The Morgan fingerprint density at radius 1 is 0.850 bits per heavy atom. The van der Waals surface area contributed by atoms with Gasteiger partial charge < -0.3 is 9.47 Å². The van der Waals surface area contributed by atoms with Crippen LogP contribution in [-0.4, -0.2) is 27.4 Å². The van der Waals surface area contributed by atoms with E-state index in [4.69, 9.17) is 9.47 Å².